The number of amides is 2. The Bertz CT molecular complexity index is 985. The van der Waals surface area contributed by atoms with E-state index in [0.717, 1.165) is 11.3 Å². The Hall–Kier alpha value is -3.59. The number of carbonyl (C=O) groups is 2. The van der Waals surface area contributed by atoms with Crippen LogP contribution in [0.2, 0.25) is 0 Å². The molecule has 3 rings (SSSR count). The number of ether oxygens (including phenoxy) is 1. The molecule has 2 aromatic carbocycles. The van der Waals surface area contributed by atoms with Crippen molar-refractivity contribution in [2.75, 3.05) is 23.5 Å². The highest BCUT2D eigenvalue weighted by Crippen LogP contribution is 2.30. The monoisotopic (exact) mass is 384 g/mol. The molecular weight excluding hydrogens is 368 g/mol. The maximum Gasteiger partial charge on any atom is 0.410 e. The highest BCUT2D eigenvalue weighted by atomic mass is 32.1. The number of aromatic nitrogens is 1. The number of methoxy groups -OCH3 is 1. The third-order valence-electron chi connectivity index (χ3n) is 3.67. The molecule has 9 heteroatoms. The van der Waals surface area contributed by atoms with Gasteiger partial charge in [-0.25, -0.2) is 9.78 Å². The summed E-state index contributed by atoms with van der Waals surface area (Å²) < 4.78 is 5.08. The molecule has 8 nitrogen and oxygen atoms in total. The Morgan fingerprint density at radius 2 is 1.89 bits per heavy atom. The molecule has 0 atom stereocenters. The van der Waals surface area contributed by atoms with Crippen molar-refractivity contribution < 1.29 is 19.4 Å². The average Bonchev–Trinajstić information content (AvgIpc) is 3.11. The van der Waals surface area contributed by atoms with Crippen molar-refractivity contribution in [1.29, 1.82) is 0 Å². The molecular formula is C18H16N4O4S. The first-order chi connectivity index (χ1) is 13.0. The number of hydrogen-bond acceptors (Lipinski definition) is 6. The number of nitrogen functional groups attached to an aromatic ring is 1. The van der Waals surface area contributed by atoms with Crippen molar-refractivity contribution in [3.05, 3.63) is 53.4 Å². The first kappa shape index (κ1) is 18.2. The molecule has 5 N–H and O–H groups in total. The lowest BCUT2D eigenvalue weighted by molar-refractivity contribution is 0.102. The van der Waals surface area contributed by atoms with Crippen LogP contribution in [0.5, 0.6) is 5.75 Å². The Kier molecular flexibility index (Phi) is 5.23. The van der Waals surface area contributed by atoms with E-state index >= 15 is 0 Å². The minimum absolute atomic E-state index is 0.262. The second-order valence-electron chi connectivity index (χ2n) is 5.45. The molecule has 2 amide bonds. The number of hydrogen-bond donors (Lipinski definition) is 4. The van der Waals surface area contributed by atoms with E-state index in [-0.39, 0.29) is 11.0 Å². The molecule has 0 radical (unpaired) electrons. The molecule has 27 heavy (non-hydrogen) atoms. The number of benzene rings is 2. The van der Waals surface area contributed by atoms with E-state index in [1.54, 1.807) is 55.0 Å². The van der Waals surface area contributed by atoms with Crippen molar-refractivity contribution in [3.8, 4) is 17.0 Å². The van der Waals surface area contributed by atoms with E-state index in [0.29, 0.717) is 33.9 Å². The van der Waals surface area contributed by atoms with Gasteiger partial charge in [0, 0.05) is 16.5 Å². The molecule has 3 aromatic rings. The van der Waals surface area contributed by atoms with Crippen LogP contribution >= 0.6 is 11.3 Å². The SMILES string of the molecule is COc1ccc(C(=O)Nc2cc(-c3csc(NC(=O)O)n3)ccc2N)cc1. The topological polar surface area (TPSA) is 127 Å². The lowest BCUT2D eigenvalue weighted by atomic mass is 10.1. The second kappa shape index (κ2) is 7.75. The van der Waals surface area contributed by atoms with Gasteiger partial charge in [-0.05, 0) is 36.4 Å². The molecule has 0 saturated carbocycles. The van der Waals surface area contributed by atoms with Gasteiger partial charge in [0.05, 0.1) is 24.2 Å². The molecule has 138 valence electrons. The fraction of sp³-hybridized carbons (Fsp3) is 0.0556. The number of carboxylic acid groups (broad SMARTS) is 1. The van der Waals surface area contributed by atoms with Crippen LogP contribution in [0.25, 0.3) is 11.3 Å². The van der Waals surface area contributed by atoms with Gasteiger partial charge in [0.25, 0.3) is 5.91 Å². The Balaban J connectivity index is 1.81. The summed E-state index contributed by atoms with van der Waals surface area (Å²) in [5, 5.41) is 15.7. The zero-order chi connectivity index (χ0) is 19.4. The third-order valence-corrected chi connectivity index (χ3v) is 4.43. The number of thiazole rings is 1. The van der Waals surface area contributed by atoms with Crippen LogP contribution in [0.15, 0.2) is 47.8 Å². The summed E-state index contributed by atoms with van der Waals surface area (Å²) in [6.07, 6.45) is -1.18. The molecule has 0 unspecified atom stereocenters. The summed E-state index contributed by atoms with van der Waals surface area (Å²) >= 11 is 1.16. The maximum absolute atomic E-state index is 12.4. The minimum Gasteiger partial charge on any atom is -0.497 e. The van der Waals surface area contributed by atoms with Crippen molar-refractivity contribution in [2.45, 2.75) is 0 Å². The predicted molar refractivity (Wildman–Crippen MR) is 105 cm³/mol. The van der Waals surface area contributed by atoms with Crippen molar-refractivity contribution in [3.63, 3.8) is 0 Å². The van der Waals surface area contributed by atoms with Crippen LogP contribution in [-0.2, 0) is 0 Å². The van der Waals surface area contributed by atoms with Gasteiger partial charge in [-0.1, -0.05) is 6.07 Å². The predicted octanol–water partition coefficient (Wildman–Crippen LogP) is 3.74. The molecule has 0 aliphatic rings. The molecule has 0 spiro atoms. The standard InChI is InChI=1S/C18H16N4O4S/c1-26-12-5-2-10(3-6-12)16(23)20-14-8-11(4-7-13(14)19)15-9-27-17(21-15)22-18(24)25/h2-9H,19H2,1H3,(H,20,23)(H,21,22)(H,24,25). The Morgan fingerprint density at radius 3 is 2.56 bits per heavy atom. The largest absolute Gasteiger partial charge is 0.497 e. The van der Waals surface area contributed by atoms with E-state index in [1.807, 2.05) is 0 Å². The first-order valence-electron chi connectivity index (χ1n) is 7.77. The van der Waals surface area contributed by atoms with Crippen LogP contribution in [0, 0.1) is 0 Å². The minimum atomic E-state index is -1.18. The van der Waals surface area contributed by atoms with Crippen molar-refractivity contribution in [2.24, 2.45) is 0 Å². The van der Waals surface area contributed by atoms with Crippen LogP contribution in [0.1, 0.15) is 10.4 Å². The summed E-state index contributed by atoms with van der Waals surface area (Å²) in [4.78, 5) is 27.3. The summed E-state index contributed by atoms with van der Waals surface area (Å²) in [5.74, 6) is 0.343. The summed E-state index contributed by atoms with van der Waals surface area (Å²) in [5.41, 5.74) is 8.54. The van der Waals surface area contributed by atoms with Gasteiger partial charge in [0.1, 0.15) is 5.75 Å². The number of nitrogens with two attached hydrogens (primary N) is 1. The van der Waals surface area contributed by atoms with Crippen LogP contribution in [0.3, 0.4) is 0 Å². The Morgan fingerprint density at radius 1 is 1.15 bits per heavy atom. The van der Waals surface area contributed by atoms with Gasteiger partial charge >= 0.3 is 6.09 Å². The quantitative estimate of drug-likeness (QED) is 0.496. The van der Waals surface area contributed by atoms with E-state index in [1.165, 1.54) is 0 Å². The zero-order valence-corrected chi connectivity index (χ0v) is 15.0. The molecule has 0 saturated heterocycles. The zero-order valence-electron chi connectivity index (χ0n) is 14.2. The molecule has 1 heterocycles. The van der Waals surface area contributed by atoms with Crippen molar-refractivity contribution >= 4 is 39.8 Å². The first-order valence-corrected chi connectivity index (χ1v) is 8.65. The fourth-order valence-corrected chi connectivity index (χ4v) is 3.03. The highest BCUT2D eigenvalue weighted by molar-refractivity contribution is 7.14. The van der Waals surface area contributed by atoms with Gasteiger partial charge in [-0.3, -0.25) is 10.1 Å². The number of rotatable bonds is 5. The van der Waals surface area contributed by atoms with Gasteiger partial charge in [-0.15, -0.1) is 11.3 Å². The smallest absolute Gasteiger partial charge is 0.410 e. The fourth-order valence-electron chi connectivity index (χ4n) is 2.32. The number of nitrogens with zero attached hydrogens (tertiary/aromatic N) is 1. The molecule has 0 aliphatic carbocycles. The molecule has 0 bridgehead atoms. The van der Waals surface area contributed by atoms with E-state index < -0.39 is 6.09 Å². The highest BCUT2D eigenvalue weighted by Gasteiger charge is 2.12. The van der Waals surface area contributed by atoms with Crippen LogP contribution in [-0.4, -0.2) is 29.2 Å². The van der Waals surface area contributed by atoms with E-state index in [2.05, 4.69) is 15.6 Å². The van der Waals surface area contributed by atoms with Crippen molar-refractivity contribution in [1.82, 2.24) is 4.98 Å². The number of anilines is 3. The molecule has 0 aliphatic heterocycles. The average molecular weight is 384 g/mol. The van der Waals surface area contributed by atoms with Crippen LogP contribution < -0.4 is 21.1 Å². The van der Waals surface area contributed by atoms with Gasteiger partial charge in [0.15, 0.2) is 5.13 Å². The number of nitrogens with one attached hydrogen (secondary N) is 2. The summed E-state index contributed by atoms with van der Waals surface area (Å²) in [7, 11) is 1.55. The van der Waals surface area contributed by atoms with Gasteiger partial charge < -0.3 is 20.9 Å². The normalized spacial score (nSPS) is 10.3. The molecule has 1 aromatic heterocycles. The molecule has 0 fully saturated rings. The van der Waals surface area contributed by atoms with E-state index in [9.17, 15) is 9.59 Å². The number of carbonyl (C=O) groups excluding carboxylic acids is 1. The second-order valence-corrected chi connectivity index (χ2v) is 6.31. The summed E-state index contributed by atoms with van der Waals surface area (Å²) in [6, 6.07) is 11.8. The van der Waals surface area contributed by atoms with Gasteiger partial charge in [0.2, 0.25) is 0 Å². The lowest BCUT2D eigenvalue weighted by Gasteiger charge is -2.10. The third kappa shape index (κ3) is 4.33. The Labute approximate surface area is 158 Å². The van der Waals surface area contributed by atoms with Gasteiger partial charge in [-0.2, -0.15) is 0 Å². The van der Waals surface area contributed by atoms with Crippen LogP contribution in [0.4, 0.5) is 21.3 Å². The van der Waals surface area contributed by atoms with E-state index in [4.69, 9.17) is 15.6 Å². The summed E-state index contributed by atoms with van der Waals surface area (Å²) in [6.45, 7) is 0. The lowest BCUT2D eigenvalue weighted by Crippen LogP contribution is -2.13. The maximum atomic E-state index is 12.4.